The molecule has 3 fully saturated rings. The molecule has 0 aliphatic heterocycles. The van der Waals surface area contributed by atoms with Crippen LogP contribution >= 0.6 is 0 Å². The van der Waals surface area contributed by atoms with Crippen molar-refractivity contribution in [3.05, 3.63) is 11.6 Å². The zero-order chi connectivity index (χ0) is 24.0. The van der Waals surface area contributed by atoms with Crippen LogP contribution in [0, 0.1) is 46.3 Å². The van der Waals surface area contributed by atoms with E-state index in [4.69, 9.17) is 5.73 Å². The van der Waals surface area contributed by atoms with Crippen LogP contribution in [0.2, 0.25) is 0 Å². The van der Waals surface area contributed by atoms with Gasteiger partial charge in [0.2, 0.25) is 0 Å². The minimum atomic E-state index is -0.316. The van der Waals surface area contributed by atoms with Gasteiger partial charge in [-0.3, -0.25) is 4.79 Å². The maximum atomic E-state index is 12.0. The van der Waals surface area contributed by atoms with E-state index in [9.17, 15) is 9.90 Å². The second-order valence-electron chi connectivity index (χ2n) is 13.4. The summed E-state index contributed by atoms with van der Waals surface area (Å²) < 4.78 is 0. The summed E-state index contributed by atoms with van der Waals surface area (Å²) in [6, 6.07) is -0.316. The Kier molecular flexibility index (Phi) is 7.52. The van der Waals surface area contributed by atoms with E-state index >= 15 is 0 Å². The van der Waals surface area contributed by atoms with E-state index in [0.717, 1.165) is 48.9 Å². The number of nitrogens with two attached hydrogens (primary N) is 1. The molecule has 4 aliphatic rings. The summed E-state index contributed by atoms with van der Waals surface area (Å²) in [6.07, 6.45) is 16.8. The molecule has 1 unspecified atom stereocenters. The van der Waals surface area contributed by atoms with Gasteiger partial charge in [-0.25, -0.2) is 0 Å². The zero-order valence-corrected chi connectivity index (χ0v) is 22.1. The van der Waals surface area contributed by atoms with Crippen LogP contribution in [0.25, 0.3) is 0 Å². The van der Waals surface area contributed by atoms with E-state index in [0.29, 0.717) is 23.2 Å². The molecule has 0 radical (unpaired) electrons. The van der Waals surface area contributed by atoms with E-state index in [-0.39, 0.29) is 17.9 Å². The molecule has 188 valence electrons. The lowest BCUT2D eigenvalue weighted by atomic mass is 9.47. The predicted molar refractivity (Wildman–Crippen MR) is 137 cm³/mol. The van der Waals surface area contributed by atoms with Gasteiger partial charge >= 0.3 is 0 Å². The number of hydrogen-bond donors (Lipinski definition) is 2. The molecule has 0 aromatic heterocycles. The van der Waals surface area contributed by atoms with Crippen LogP contribution in [0.5, 0.6) is 0 Å². The van der Waals surface area contributed by atoms with Crippen molar-refractivity contribution < 1.29 is 9.90 Å². The Bertz CT molecular complexity index is 744. The molecular weight excluding hydrogens is 406 g/mol. The van der Waals surface area contributed by atoms with E-state index in [2.05, 4.69) is 33.8 Å². The normalized spacial score (nSPS) is 43.0. The molecule has 10 atom stereocenters. The third-order valence-electron chi connectivity index (χ3n) is 11.3. The van der Waals surface area contributed by atoms with Gasteiger partial charge in [-0.15, -0.1) is 0 Å². The number of carbonyl (C=O) groups excluding carboxylic acids is 1. The smallest absolute Gasteiger partial charge is 0.149 e. The summed E-state index contributed by atoms with van der Waals surface area (Å²) >= 11 is 0. The molecule has 4 rings (SSSR count). The van der Waals surface area contributed by atoms with Gasteiger partial charge in [0.05, 0.1) is 12.1 Å². The summed E-state index contributed by atoms with van der Waals surface area (Å²) in [7, 11) is 0. The molecular formula is C30H51NO2. The number of ketones is 1. The Labute approximate surface area is 203 Å². The number of rotatable bonds is 8. The van der Waals surface area contributed by atoms with Crippen LogP contribution in [-0.4, -0.2) is 23.0 Å². The number of fused-ring (bicyclic) bond motifs is 5. The Balaban J connectivity index is 1.36. The highest BCUT2D eigenvalue weighted by Crippen LogP contribution is 2.67. The lowest BCUT2D eigenvalue weighted by Gasteiger charge is -2.58. The molecule has 3 saturated carbocycles. The van der Waals surface area contributed by atoms with Crippen LogP contribution in [0.4, 0.5) is 0 Å². The molecule has 0 spiro atoms. The quantitative estimate of drug-likeness (QED) is 0.400. The van der Waals surface area contributed by atoms with Crippen LogP contribution < -0.4 is 5.73 Å². The van der Waals surface area contributed by atoms with Gasteiger partial charge in [0, 0.05) is 6.42 Å². The highest BCUT2D eigenvalue weighted by Gasteiger charge is 2.59. The second-order valence-corrected chi connectivity index (χ2v) is 13.4. The summed E-state index contributed by atoms with van der Waals surface area (Å²) in [5, 5.41) is 10.3. The van der Waals surface area contributed by atoms with Gasteiger partial charge in [0.1, 0.15) is 5.78 Å². The first-order chi connectivity index (χ1) is 15.6. The van der Waals surface area contributed by atoms with E-state index in [1.165, 1.54) is 51.4 Å². The average molecular weight is 458 g/mol. The Hall–Kier alpha value is -0.670. The number of aliphatic hydroxyl groups is 1. The lowest BCUT2D eigenvalue weighted by Crippen LogP contribution is -2.50. The maximum absolute atomic E-state index is 12.0. The number of Topliss-reactive ketones (excluding diaryl/α,β-unsaturated/α-hetero) is 1. The average Bonchev–Trinajstić information content (AvgIpc) is 3.11. The number of carbonyl (C=O) groups is 1. The van der Waals surface area contributed by atoms with Crippen LogP contribution in [0.15, 0.2) is 11.6 Å². The fourth-order valence-electron chi connectivity index (χ4n) is 9.24. The molecule has 3 nitrogen and oxygen atoms in total. The fourth-order valence-corrected chi connectivity index (χ4v) is 9.24. The highest BCUT2D eigenvalue weighted by atomic mass is 16.3. The summed E-state index contributed by atoms with van der Waals surface area (Å²) in [4.78, 5) is 12.0. The summed E-state index contributed by atoms with van der Waals surface area (Å²) in [5.41, 5.74) is 8.20. The molecule has 0 bridgehead atoms. The third kappa shape index (κ3) is 4.75. The maximum Gasteiger partial charge on any atom is 0.149 e. The lowest BCUT2D eigenvalue weighted by molar-refractivity contribution is -0.120. The predicted octanol–water partition coefficient (Wildman–Crippen LogP) is 6.68. The van der Waals surface area contributed by atoms with Crippen molar-refractivity contribution in [3.63, 3.8) is 0 Å². The monoisotopic (exact) mass is 457 g/mol. The molecule has 0 saturated heterocycles. The topological polar surface area (TPSA) is 63.3 Å². The first kappa shape index (κ1) is 25.4. The van der Waals surface area contributed by atoms with E-state index in [1.807, 2.05) is 6.92 Å². The minimum absolute atomic E-state index is 0.106. The van der Waals surface area contributed by atoms with Crippen LogP contribution in [0.3, 0.4) is 0 Å². The number of allylic oxidation sites excluding steroid dienone is 1. The number of aliphatic hydroxyl groups excluding tert-OH is 1. The van der Waals surface area contributed by atoms with Crippen molar-refractivity contribution >= 4 is 5.78 Å². The van der Waals surface area contributed by atoms with Crippen LogP contribution in [0.1, 0.15) is 112 Å². The molecule has 0 amide bonds. The molecule has 0 heterocycles. The Morgan fingerprint density at radius 2 is 1.85 bits per heavy atom. The number of hydrogen-bond acceptors (Lipinski definition) is 3. The molecule has 33 heavy (non-hydrogen) atoms. The van der Waals surface area contributed by atoms with Gasteiger partial charge in [-0.1, -0.05) is 58.6 Å². The van der Waals surface area contributed by atoms with E-state index < -0.39 is 0 Å². The zero-order valence-electron chi connectivity index (χ0n) is 22.1. The third-order valence-corrected chi connectivity index (χ3v) is 11.3. The molecule has 3 N–H and O–H groups in total. The second kappa shape index (κ2) is 9.76. The highest BCUT2D eigenvalue weighted by molar-refractivity contribution is 5.83. The van der Waals surface area contributed by atoms with Gasteiger partial charge < -0.3 is 10.8 Å². The van der Waals surface area contributed by atoms with Crippen molar-refractivity contribution in [2.75, 3.05) is 0 Å². The SMILES string of the molecule is CC(CCC[C@@H](C)[C@H]1CC[C@H]2[C@@H]3CC=C4C[C@@H](O)CC[C@]4(C)[C@H]3CC[C@]12C)CC(=O)[C@H](C)N. The van der Waals surface area contributed by atoms with Gasteiger partial charge in [-0.05, 0) is 105 Å². The molecule has 4 aliphatic carbocycles. The van der Waals surface area contributed by atoms with Gasteiger partial charge in [0.25, 0.3) is 0 Å². The molecule has 0 aromatic rings. The fraction of sp³-hybridized carbons (Fsp3) is 0.900. The van der Waals surface area contributed by atoms with Gasteiger partial charge in [0.15, 0.2) is 0 Å². The first-order valence-electron chi connectivity index (χ1n) is 14.2. The molecule has 0 aromatic carbocycles. The Morgan fingerprint density at radius 1 is 1.09 bits per heavy atom. The van der Waals surface area contributed by atoms with E-state index in [1.54, 1.807) is 5.57 Å². The summed E-state index contributed by atoms with van der Waals surface area (Å²) in [6.45, 7) is 11.7. The minimum Gasteiger partial charge on any atom is -0.393 e. The standard InChI is InChI=1S/C30H51NO2/c1-19(17-28(33)21(3)31)7-6-8-20(2)25-11-12-26-24-10-9-22-18-23(32)13-15-29(22,4)27(24)14-16-30(25,26)5/h9,19-21,23-27,32H,6-8,10-18,31H2,1-5H3/t19?,20-,21+,23+,24+,25-,26+,27+,29+,30-/m1/s1. The van der Waals surface area contributed by atoms with Crippen molar-refractivity contribution in [3.8, 4) is 0 Å². The van der Waals surface area contributed by atoms with Crippen molar-refractivity contribution in [2.24, 2.45) is 52.1 Å². The van der Waals surface area contributed by atoms with Crippen molar-refractivity contribution in [1.29, 1.82) is 0 Å². The summed E-state index contributed by atoms with van der Waals surface area (Å²) in [5.74, 6) is 4.88. The van der Waals surface area contributed by atoms with Gasteiger partial charge in [-0.2, -0.15) is 0 Å². The first-order valence-corrected chi connectivity index (χ1v) is 14.2. The Morgan fingerprint density at radius 3 is 2.58 bits per heavy atom. The largest absolute Gasteiger partial charge is 0.393 e. The molecule has 3 heteroatoms. The van der Waals surface area contributed by atoms with Crippen LogP contribution in [-0.2, 0) is 4.79 Å². The van der Waals surface area contributed by atoms with Crippen molar-refractivity contribution in [1.82, 2.24) is 0 Å². The van der Waals surface area contributed by atoms with Crippen molar-refractivity contribution in [2.45, 2.75) is 124 Å².